The maximum atomic E-state index is 5.80. The van der Waals surface area contributed by atoms with Gasteiger partial charge in [0, 0.05) is 39.4 Å². The van der Waals surface area contributed by atoms with Crippen LogP contribution in [-0.2, 0) is 9.47 Å². The number of hydrogen-bond donors (Lipinski definition) is 2. The molecule has 25 heavy (non-hydrogen) atoms. The number of ether oxygens (including phenoxy) is 2. The largest absolute Gasteiger partial charge is 0.379 e. The van der Waals surface area contributed by atoms with Crippen molar-refractivity contribution < 1.29 is 9.47 Å². The Morgan fingerprint density at radius 2 is 2.00 bits per heavy atom. The van der Waals surface area contributed by atoms with E-state index in [4.69, 9.17) is 9.47 Å². The van der Waals surface area contributed by atoms with Crippen LogP contribution in [0.5, 0.6) is 0 Å². The zero-order valence-corrected chi connectivity index (χ0v) is 16.4. The van der Waals surface area contributed by atoms with Gasteiger partial charge < -0.3 is 25.0 Å². The van der Waals surface area contributed by atoms with Crippen LogP contribution in [0.3, 0.4) is 0 Å². The summed E-state index contributed by atoms with van der Waals surface area (Å²) in [6.45, 7) is 4.20. The molecule has 6 nitrogen and oxygen atoms in total. The van der Waals surface area contributed by atoms with Crippen LogP contribution in [0.2, 0.25) is 0 Å². The van der Waals surface area contributed by atoms with Crippen LogP contribution < -0.4 is 10.6 Å². The fourth-order valence-electron chi connectivity index (χ4n) is 3.88. The molecule has 0 aromatic heterocycles. The number of rotatable bonds is 9. The summed E-state index contributed by atoms with van der Waals surface area (Å²) in [6.07, 6.45) is 9.21. The summed E-state index contributed by atoms with van der Waals surface area (Å²) in [4.78, 5) is 6.72. The van der Waals surface area contributed by atoms with Crippen molar-refractivity contribution >= 4 is 5.96 Å². The van der Waals surface area contributed by atoms with Gasteiger partial charge in [0.1, 0.15) is 0 Å². The third-order valence-corrected chi connectivity index (χ3v) is 5.41. The molecule has 2 N–H and O–H groups in total. The predicted octanol–water partition coefficient (Wildman–Crippen LogP) is 1.86. The molecule has 146 valence electrons. The molecule has 0 amide bonds. The first-order valence-corrected chi connectivity index (χ1v) is 10.0. The second kappa shape index (κ2) is 11.7. The smallest absolute Gasteiger partial charge is 0.191 e. The Morgan fingerprint density at radius 1 is 1.20 bits per heavy atom. The summed E-state index contributed by atoms with van der Waals surface area (Å²) < 4.78 is 11.1. The fourth-order valence-corrected chi connectivity index (χ4v) is 3.88. The molecule has 2 rings (SSSR count). The highest BCUT2D eigenvalue weighted by Gasteiger charge is 2.25. The topological polar surface area (TPSA) is 58.1 Å². The minimum absolute atomic E-state index is 0.300. The van der Waals surface area contributed by atoms with E-state index in [1.807, 2.05) is 7.05 Å². The van der Waals surface area contributed by atoms with E-state index in [0.29, 0.717) is 12.1 Å². The van der Waals surface area contributed by atoms with Gasteiger partial charge in [0.05, 0.1) is 12.7 Å². The van der Waals surface area contributed by atoms with E-state index in [2.05, 4.69) is 34.6 Å². The van der Waals surface area contributed by atoms with Gasteiger partial charge in [-0.2, -0.15) is 0 Å². The van der Waals surface area contributed by atoms with Gasteiger partial charge in [0.2, 0.25) is 0 Å². The Kier molecular flexibility index (Phi) is 9.58. The first-order valence-electron chi connectivity index (χ1n) is 10.0. The molecule has 0 aromatic carbocycles. The Hall–Kier alpha value is -0.850. The van der Waals surface area contributed by atoms with Crippen molar-refractivity contribution in [3.8, 4) is 0 Å². The summed E-state index contributed by atoms with van der Waals surface area (Å²) in [6, 6.07) is 0.574. The SMILES string of the molecule is CN=C(NCCCOC1CCOC1)NCC(C1CCCCC1)N(C)C. The fraction of sp³-hybridized carbons (Fsp3) is 0.947. The van der Waals surface area contributed by atoms with Gasteiger partial charge >= 0.3 is 0 Å². The van der Waals surface area contributed by atoms with E-state index in [1.54, 1.807) is 0 Å². The van der Waals surface area contributed by atoms with E-state index in [-0.39, 0.29) is 0 Å². The Bertz CT molecular complexity index is 378. The van der Waals surface area contributed by atoms with Gasteiger partial charge in [-0.15, -0.1) is 0 Å². The van der Waals surface area contributed by atoms with Crippen LogP contribution in [0.1, 0.15) is 44.9 Å². The number of guanidine groups is 1. The third-order valence-electron chi connectivity index (χ3n) is 5.41. The zero-order chi connectivity index (χ0) is 17.9. The minimum atomic E-state index is 0.300. The van der Waals surface area contributed by atoms with Crippen LogP contribution >= 0.6 is 0 Å². The molecule has 1 aliphatic carbocycles. The van der Waals surface area contributed by atoms with E-state index in [0.717, 1.165) is 57.6 Å². The highest BCUT2D eigenvalue weighted by atomic mass is 16.5. The lowest BCUT2D eigenvalue weighted by Crippen LogP contribution is -2.48. The van der Waals surface area contributed by atoms with Crippen molar-refractivity contribution in [3.05, 3.63) is 0 Å². The van der Waals surface area contributed by atoms with E-state index in [1.165, 1.54) is 32.1 Å². The van der Waals surface area contributed by atoms with E-state index >= 15 is 0 Å². The Morgan fingerprint density at radius 3 is 2.64 bits per heavy atom. The van der Waals surface area contributed by atoms with Crippen molar-refractivity contribution in [2.75, 3.05) is 54.1 Å². The third kappa shape index (κ3) is 7.50. The highest BCUT2D eigenvalue weighted by Crippen LogP contribution is 2.28. The monoisotopic (exact) mass is 354 g/mol. The summed E-state index contributed by atoms with van der Waals surface area (Å²) in [5.41, 5.74) is 0. The number of nitrogens with zero attached hydrogens (tertiary/aromatic N) is 2. The van der Waals surface area contributed by atoms with Crippen molar-refractivity contribution in [3.63, 3.8) is 0 Å². The normalized spacial score (nSPS) is 23.8. The molecule has 1 aliphatic heterocycles. The molecular formula is C19H38N4O2. The quantitative estimate of drug-likeness (QED) is 0.376. The van der Waals surface area contributed by atoms with Crippen molar-refractivity contribution in [2.24, 2.45) is 10.9 Å². The van der Waals surface area contributed by atoms with Crippen LogP contribution in [0.15, 0.2) is 4.99 Å². The van der Waals surface area contributed by atoms with Crippen molar-refractivity contribution in [1.82, 2.24) is 15.5 Å². The van der Waals surface area contributed by atoms with Gasteiger partial charge in [-0.1, -0.05) is 19.3 Å². The van der Waals surface area contributed by atoms with Gasteiger partial charge in [0.25, 0.3) is 0 Å². The van der Waals surface area contributed by atoms with Crippen molar-refractivity contribution in [1.29, 1.82) is 0 Å². The molecule has 2 unspecified atom stereocenters. The van der Waals surface area contributed by atoms with Gasteiger partial charge in [0.15, 0.2) is 5.96 Å². The molecule has 2 aliphatic rings. The summed E-state index contributed by atoms with van der Waals surface area (Å²) in [5.74, 6) is 1.70. The van der Waals surface area contributed by atoms with Gasteiger partial charge in [-0.3, -0.25) is 4.99 Å². The molecule has 6 heteroatoms. The molecule has 0 spiro atoms. The number of likely N-dealkylation sites (N-methyl/N-ethyl adjacent to an activating group) is 1. The number of nitrogens with one attached hydrogen (secondary N) is 2. The zero-order valence-electron chi connectivity index (χ0n) is 16.4. The molecule has 0 radical (unpaired) electrons. The second-order valence-corrected chi connectivity index (χ2v) is 7.52. The van der Waals surface area contributed by atoms with E-state index in [9.17, 15) is 0 Å². The molecule has 1 heterocycles. The lowest BCUT2D eigenvalue weighted by atomic mass is 9.83. The van der Waals surface area contributed by atoms with Crippen LogP contribution in [0, 0.1) is 5.92 Å². The Labute approximate surface area is 153 Å². The average molecular weight is 355 g/mol. The lowest BCUT2D eigenvalue weighted by Gasteiger charge is -2.35. The first kappa shape index (κ1) is 20.5. The molecule has 0 aromatic rings. The summed E-state index contributed by atoms with van der Waals surface area (Å²) in [5, 5.41) is 6.92. The van der Waals surface area contributed by atoms with Crippen molar-refractivity contribution in [2.45, 2.75) is 57.1 Å². The average Bonchev–Trinajstić information content (AvgIpc) is 3.14. The first-order chi connectivity index (χ1) is 12.2. The maximum absolute atomic E-state index is 5.80. The molecule has 1 saturated heterocycles. The molecule has 1 saturated carbocycles. The maximum Gasteiger partial charge on any atom is 0.191 e. The van der Waals surface area contributed by atoms with Crippen LogP contribution in [0.25, 0.3) is 0 Å². The molecular weight excluding hydrogens is 316 g/mol. The van der Waals surface area contributed by atoms with Crippen LogP contribution in [-0.4, -0.2) is 77.1 Å². The standard InChI is InChI=1S/C19H38N4O2/c1-20-19(21-11-7-12-25-17-10-13-24-15-17)22-14-18(23(2)3)16-8-5-4-6-9-16/h16-18H,4-15H2,1-3H3,(H2,20,21,22). The lowest BCUT2D eigenvalue weighted by molar-refractivity contribution is 0.0420. The second-order valence-electron chi connectivity index (χ2n) is 7.52. The number of aliphatic imine (C=N–C) groups is 1. The predicted molar refractivity (Wildman–Crippen MR) is 103 cm³/mol. The minimum Gasteiger partial charge on any atom is -0.379 e. The van der Waals surface area contributed by atoms with Gasteiger partial charge in [-0.25, -0.2) is 0 Å². The highest BCUT2D eigenvalue weighted by molar-refractivity contribution is 5.79. The number of hydrogen-bond acceptors (Lipinski definition) is 4. The Balaban J connectivity index is 1.62. The summed E-state index contributed by atoms with van der Waals surface area (Å²) in [7, 11) is 6.23. The summed E-state index contributed by atoms with van der Waals surface area (Å²) >= 11 is 0. The molecule has 2 atom stereocenters. The van der Waals surface area contributed by atoms with Crippen LogP contribution in [0.4, 0.5) is 0 Å². The van der Waals surface area contributed by atoms with Gasteiger partial charge in [-0.05, 0) is 45.7 Å². The molecule has 0 bridgehead atoms. The molecule has 2 fully saturated rings. The van der Waals surface area contributed by atoms with E-state index < -0.39 is 0 Å².